The summed E-state index contributed by atoms with van der Waals surface area (Å²) in [5, 5.41) is 19.7. The molecule has 0 spiro atoms. The third-order valence-corrected chi connectivity index (χ3v) is 7.09. The van der Waals surface area contributed by atoms with Gasteiger partial charge in [-0.05, 0) is 44.9 Å². The molecule has 0 radical (unpaired) electrons. The maximum absolute atomic E-state index is 11.9. The van der Waals surface area contributed by atoms with E-state index in [1.807, 2.05) is 37.3 Å². The topological polar surface area (TPSA) is 93.1 Å². The van der Waals surface area contributed by atoms with Crippen molar-refractivity contribution < 1.29 is 29.3 Å². The Labute approximate surface area is 269 Å². The quantitative estimate of drug-likeness (QED) is 0.0361. The summed E-state index contributed by atoms with van der Waals surface area (Å²) in [6, 6.07) is 0. The first-order valence-electron chi connectivity index (χ1n) is 17.4. The third-order valence-electron chi connectivity index (χ3n) is 7.09. The lowest BCUT2D eigenvalue weighted by molar-refractivity contribution is -0.152. The van der Waals surface area contributed by atoms with Crippen LogP contribution in [-0.2, 0) is 19.1 Å². The number of aliphatic hydroxyl groups excluding tert-OH is 2. The Morgan fingerprint density at radius 2 is 1.09 bits per heavy atom. The number of ether oxygens (including phenoxy) is 2. The number of hydrogen-bond donors (Lipinski definition) is 2. The molecule has 2 N–H and O–H groups in total. The van der Waals surface area contributed by atoms with Gasteiger partial charge < -0.3 is 19.7 Å². The van der Waals surface area contributed by atoms with Gasteiger partial charge in [0.2, 0.25) is 0 Å². The maximum Gasteiger partial charge on any atom is 0.305 e. The predicted octanol–water partition coefficient (Wildman–Crippen LogP) is 9.42. The standard InChI is InChI=1S/C38H64O6/c1-3-5-7-8-9-10-11-15-18-21-24-27-31-37(41)43-33-36(40)34-44-38(42)32-28-25-22-19-16-13-12-14-17-20-23-26-30-35(39)29-6-4-2/h6,12-13,17,19-20,22-23,26,29,35-36,39-40H,3-5,7-11,14-16,18,21,24-25,27-28,30-34H2,1-2H3/b13-12-,20-17-,22-19-,26-23+,29-6-/t35?,36-/m1/s1. The number of unbranched alkanes of at least 4 members (excludes halogenated alkanes) is 12. The fourth-order valence-corrected chi connectivity index (χ4v) is 4.43. The van der Waals surface area contributed by atoms with Crippen LogP contribution in [0.15, 0.2) is 60.8 Å². The van der Waals surface area contributed by atoms with Gasteiger partial charge in [-0.3, -0.25) is 9.59 Å². The molecule has 0 bridgehead atoms. The van der Waals surface area contributed by atoms with Crippen molar-refractivity contribution in [3.05, 3.63) is 60.8 Å². The molecule has 0 saturated heterocycles. The van der Waals surface area contributed by atoms with E-state index in [0.717, 1.165) is 44.9 Å². The maximum atomic E-state index is 11.9. The highest BCUT2D eigenvalue weighted by atomic mass is 16.6. The van der Waals surface area contributed by atoms with Gasteiger partial charge in [-0.25, -0.2) is 0 Å². The van der Waals surface area contributed by atoms with Crippen molar-refractivity contribution in [2.24, 2.45) is 0 Å². The lowest BCUT2D eigenvalue weighted by atomic mass is 10.0. The molecule has 252 valence electrons. The van der Waals surface area contributed by atoms with Crippen LogP contribution in [0.1, 0.15) is 142 Å². The molecule has 0 aromatic rings. The molecule has 0 aromatic heterocycles. The minimum atomic E-state index is -0.997. The van der Waals surface area contributed by atoms with Crippen LogP contribution in [-0.4, -0.2) is 47.6 Å². The molecule has 0 fully saturated rings. The minimum Gasteiger partial charge on any atom is -0.463 e. The van der Waals surface area contributed by atoms with Gasteiger partial charge in [0.1, 0.15) is 19.3 Å². The predicted molar refractivity (Wildman–Crippen MR) is 183 cm³/mol. The van der Waals surface area contributed by atoms with Crippen molar-refractivity contribution in [3.63, 3.8) is 0 Å². The summed E-state index contributed by atoms with van der Waals surface area (Å²) in [6.45, 7) is 3.99. The van der Waals surface area contributed by atoms with E-state index in [2.05, 4.69) is 37.3 Å². The SMILES string of the molecule is CC/C=C\C(O)C/C=C/C=C\C/C=C\C/C=C\CCCC(=O)OC[C@H](O)COC(=O)CCCCCCCCCCCCCC. The fourth-order valence-electron chi connectivity index (χ4n) is 4.43. The Morgan fingerprint density at radius 3 is 1.68 bits per heavy atom. The zero-order valence-corrected chi connectivity index (χ0v) is 28.0. The van der Waals surface area contributed by atoms with Gasteiger partial charge in [-0.2, -0.15) is 0 Å². The van der Waals surface area contributed by atoms with E-state index >= 15 is 0 Å². The molecule has 1 unspecified atom stereocenters. The van der Waals surface area contributed by atoms with Crippen LogP contribution in [0.5, 0.6) is 0 Å². The molecule has 6 nitrogen and oxygen atoms in total. The van der Waals surface area contributed by atoms with Crippen LogP contribution in [0.25, 0.3) is 0 Å². The molecule has 44 heavy (non-hydrogen) atoms. The summed E-state index contributed by atoms with van der Waals surface area (Å²) in [5.74, 6) is -0.659. The van der Waals surface area contributed by atoms with Gasteiger partial charge >= 0.3 is 11.9 Å². The van der Waals surface area contributed by atoms with Crippen LogP contribution < -0.4 is 0 Å². The Kier molecular flexibility index (Phi) is 31.6. The van der Waals surface area contributed by atoms with E-state index in [9.17, 15) is 19.8 Å². The second-order valence-electron chi connectivity index (χ2n) is 11.5. The zero-order chi connectivity index (χ0) is 32.4. The molecule has 0 aliphatic rings. The van der Waals surface area contributed by atoms with Crippen molar-refractivity contribution >= 4 is 11.9 Å². The van der Waals surface area contributed by atoms with Gasteiger partial charge in [-0.15, -0.1) is 0 Å². The Morgan fingerprint density at radius 1 is 0.591 bits per heavy atom. The molecule has 2 atom stereocenters. The lowest BCUT2D eigenvalue weighted by Gasteiger charge is -2.12. The number of allylic oxidation sites excluding steroid dienone is 8. The van der Waals surface area contributed by atoms with Crippen molar-refractivity contribution in [2.45, 2.75) is 154 Å². The van der Waals surface area contributed by atoms with Crippen molar-refractivity contribution in [1.29, 1.82) is 0 Å². The highest BCUT2D eigenvalue weighted by Gasteiger charge is 2.12. The Balaban J connectivity index is 3.62. The Bertz CT molecular complexity index is 810. The summed E-state index contributed by atoms with van der Waals surface area (Å²) in [4.78, 5) is 23.8. The van der Waals surface area contributed by atoms with Gasteiger partial charge in [0.25, 0.3) is 0 Å². The summed E-state index contributed by atoms with van der Waals surface area (Å²) >= 11 is 0. The zero-order valence-electron chi connectivity index (χ0n) is 28.0. The molecule has 0 rings (SSSR count). The number of carbonyl (C=O) groups is 2. The molecule has 0 aromatic carbocycles. The van der Waals surface area contributed by atoms with Crippen LogP contribution >= 0.6 is 0 Å². The summed E-state index contributed by atoms with van der Waals surface area (Å²) in [5.41, 5.74) is 0. The van der Waals surface area contributed by atoms with Crippen LogP contribution in [0.4, 0.5) is 0 Å². The second kappa shape index (κ2) is 33.5. The average Bonchev–Trinajstić information content (AvgIpc) is 3.02. The molecular formula is C38H64O6. The molecule has 6 heteroatoms. The van der Waals surface area contributed by atoms with Crippen LogP contribution in [0.3, 0.4) is 0 Å². The van der Waals surface area contributed by atoms with E-state index in [1.54, 1.807) is 0 Å². The van der Waals surface area contributed by atoms with Crippen molar-refractivity contribution in [3.8, 4) is 0 Å². The highest BCUT2D eigenvalue weighted by Crippen LogP contribution is 2.13. The van der Waals surface area contributed by atoms with Gasteiger partial charge in [-0.1, -0.05) is 145 Å². The first-order chi connectivity index (χ1) is 21.5. The van der Waals surface area contributed by atoms with Crippen molar-refractivity contribution in [2.75, 3.05) is 13.2 Å². The molecule has 0 saturated carbocycles. The number of carbonyl (C=O) groups excluding carboxylic acids is 2. The van der Waals surface area contributed by atoms with E-state index < -0.39 is 12.2 Å². The van der Waals surface area contributed by atoms with E-state index in [4.69, 9.17) is 9.47 Å². The van der Waals surface area contributed by atoms with Crippen molar-refractivity contribution in [1.82, 2.24) is 0 Å². The molecule has 0 heterocycles. The first kappa shape index (κ1) is 41.6. The highest BCUT2D eigenvalue weighted by molar-refractivity contribution is 5.69. The van der Waals surface area contributed by atoms with Gasteiger partial charge in [0.15, 0.2) is 0 Å². The number of esters is 2. The minimum absolute atomic E-state index is 0.145. The van der Waals surface area contributed by atoms with E-state index in [-0.39, 0.29) is 31.6 Å². The third kappa shape index (κ3) is 32.5. The number of aliphatic hydroxyl groups is 2. The molecule has 0 amide bonds. The van der Waals surface area contributed by atoms with Gasteiger partial charge in [0, 0.05) is 12.8 Å². The normalized spacial score (nSPS) is 13.6. The summed E-state index contributed by atoms with van der Waals surface area (Å²) in [7, 11) is 0. The second-order valence-corrected chi connectivity index (χ2v) is 11.5. The van der Waals surface area contributed by atoms with E-state index in [0.29, 0.717) is 19.3 Å². The number of rotatable bonds is 30. The van der Waals surface area contributed by atoms with Gasteiger partial charge in [0.05, 0.1) is 6.10 Å². The summed E-state index contributed by atoms with van der Waals surface area (Å²) < 4.78 is 10.2. The molecule has 0 aliphatic heterocycles. The smallest absolute Gasteiger partial charge is 0.305 e. The number of hydrogen-bond acceptors (Lipinski definition) is 6. The molecular weight excluding hydrogens is 552 g/mol. The largest absolute Gasteiger partial charge is 0.463 e. The molecule has 0 aliphatic carbocycles. The first-order valence-corrected chi connectivity index (χ1v) is 17.4. The fraction of sp³-hybridized carbons (Fsp3) is 0.684. The van der Waals surface area contributed by atoms with E-state index in [1.165, 1.54) is 57.8 Å². The average molecular weight is 617 g/mol. The lowest BCUT2D eigenvalue weighted by Crippen LogP contribution is -2.25. The Hall–Kier alpha value is -2.44. The monoisotopic (exact) mass is 616 g/mol. The van der Waals surface area contributed by atoms with Crippen LogP contribution in [0.2, 0.25) is 0 Å². The summed E-state index contributed by atoms with van der Waals surface area (Å²) in [6.07, 6.45) is 39.0. The van der Waals surface area contributed by atoms with Crippen LogP contribution in [0, 0.1) is 0 Å².